The number of piperidine rings is 1. The highest BCUT2D eigenvalue weighted by atomic mass is 35.5. The Balaban J connectivity index is 0.00000300. The molecule has 2 aromatic rings. The number of hydrogen-bond donors (Lipinski definition) is 2. The van der Waals surface area contributed by atoms with Crippen LogP contribution in [0.5, 0.6) is 0 Å². The molecule has 1 unspecified atom stereocenters. The van der Waals surface area contributed by atoms with Crippen molar-refractivity contribution in [1.29, 1.82) is 0 Å². The van der Waals surface area contributed by atoms with Crippen molar-refractivity contribution in [2.45, 2.75) is 25.3 Å². The number of hydrogen-bond acceptors (Lipinski definition) is 3. The SMILES string of the molecule is CNCCC1CCN(CC(=O)NC(c2ccccc2)c2cccc(Cl)c2)CC1.Cl. The van der Waals surface area contributed by atoms with Crippen LogP contribution in [0, 0.1) is 5.92 Å². The second-order valence-electron chi connectivity index (χ2n) is 7.58. The normalized spacial score (nSPS) is 16.1. The molecule has 0 radical (unpaired) electrons. The third-order valence-electron chi connectivity index (χ3n) is 5.50. The van der Waals surface area contributed by atoms with Crippen LogP contribution in [0.25, 0.3) is 0 Å². The van der Waals surface area contributed by atoms with E-state index in [9.17, 15) is 4.79 Å². The van der Waals surface area contributed by atoms with Crippen molar-refractivity contribution in [2.75, 3.05) is 33.2 Å². The van der Waals surface area contributed by atoms with Crippen LogP contribution in [0.3, 0.4) is 0 Å². The highest BCUT2D eigenvalue weighted by Gasteiger charge is 2.22. The van der Waals surface area contributed by atoms with Gasteiger partial charge in [-0.2, -0.15) is 0 Å². The zero-order chi connectivity index (χ0) is 19.8. The van der Waals surface area contributed by atoms with Gasteiger partial charge in [-0.3, -0.25) is 9.69 Å². The van der Waals surface area contributed by atoms with Crippen LogP contribution in [0.2, 0.25) is 5.02 Å². The molecule has 1 heterocycles. The molecule has 158 valence electrons. The van der Waals surface area contributed by atoms with E-state index < -0.39 is 0 Å². The molecule has 1 fully saturated rings. The van der Waals surface area contributed by atoms with E-state index in [2.05, 4.69) is 15.5 Å². The van der Waals surface area contributed by atoms with E-state index in [1.165, 1.54) is 19.3 Å². The fourth-order valence-electron chi connectivity index (χ4n) is 3.88. The lowest BCUT2D eigenvalue weighted by Crippen LogP contribution is -2.42. The first-order chi connectivity index (χ1) is 13.7. The highest BCUT2D eigenvalue weighted by molar-refractivity contribution is 6.30. The summed E-state index contributed by atoms with van der Waals surface area (Å²) in [5, 5.41) is 7.13. The van der Waals surface area contributed by atoms with Gasteiger partial charge in [-0.15, -0.1) is 12.4 Å². The number of nitrogens with one attached hydrogen (secondary N) is 2. The molecule has 3 rings (SSSR count). The van der Waals surface area contributed by atoms with Gasteiger partial charge in [-0.1, -0.05) is 54.1 Å². The largest absolute Gasteiger partial charge is 0.344 e. The van der Waals surface area contributed by atoms with Crippen molar-refractivity contribution in [3.8, 4) is 0 Å². The molecular formula is C23H31Cl2N3O. The molecule has 6 heteroatoms. The predicted octanol–water partition coefficient (Wildman–Crippen LogP) is 4.29. The second kappa shape index (κ2) is 12.2. The Labute approximate surface area is 185 Å². The molecule has 1 aliphatic heterocycles. The average Bonchev–Trinajstić information content (AvgIpc) is 2.72. The summed E-state index contributed by atoms with van der Waals surface area (Å²) in [5.74, 6) is 0.831. The van der Waals surface area contributed by atoms with Crippen LogP contribution in [-0.4, -0.2) is 44.0 Å². The van der Waals surface area contributed by atoms with Gasteiger partial charge in [0.15, 0.2) is 0 Å². The zero-order valence-electron chi connectivity index (χ0n) is 16.9. The molecule has 0 spiro atoms. The van der Waals surface area contributed by atoms with Crippen LogP contribution in [0.15, 0.2) is 54.6 Å². The molecular weight excluding hydrogens is 405 g/mol. The minimum atomic E-state index is -0.194. The Bertz CT molecular complexity index is 749. The van der Waals surface area contributed by atoms with E-state index >= 15 is 0 Å². The molecule has 1 atom stereocenters. The number of rotatable bonds is 8. The first-order valence-corrected chi connectivity index (χ1v) is 10.5. The number of amides is 1. The molecule has 1 amide bonds. The average molecular weight is 436 g/mol. The van der Waals surface area contributed by atoms with Gasteiger partial charge in [0.1, 0.15) is 0 Å². The summed E-state index contributed by atoms with van der Waals surface area (Å²) in [6, 6.07) is 17.6. The third kappa shape index (κ3) is 7.31. The maximum atomic E-state index is 12.8. The standard InChI is InChI=1S/C23H30ClN3O.ClH/c1-25-13-10-18-11-14-27(15-12-18)17-22(28)26-23(19-6-3-2-4-7-19)20-8-5-9-21(24)16-20;/h2-9,16,18,23,25H,10-15,17H2,1H3,(H,26,28);1H. The van der Waals surface area contributed by atoms with Crippen LogP contribution >= 0.6 is 24.0 Å². The minimum Gasteiger partial charge on any atom is -0.344 e. The lowest BCUT2D eigenvalue weighted by molar-refractivity contribution is -0.123. The topological polar surface area (TPSA) is 44.4 Å². The Morgan fingerprint density at radius 2 is 1.79 bits per heavy atom. The zero-order valence-corrected chi connectivity index (χ0v) is 18.5. The van der Waals surface area contributed by atoms with E-state index in [1.807, 2.05) is 61.6 Å². The van der Waals surface area contributed by atoms with Gasteiger partial charge in [0.25, 0.3) is 0 Å². The van der Waals surface area contributed by atoms with Crippen molar-refractivity contribution in [1.82, 2.24) is 15.5 Å². The van der Waals surface area contributed by atoms with Gasteiger partial charge >= 0.3 is 0 Å². The van der Waals surface area contributed by atoms with Gasteiger partial charge in [0, 0.05) is 5.02 Å². The summed E-state index contributed by atoms with van der Waals surface area (Å²) in [6.45, 7) is 3.51. The van der Waals surface area contributed by atoms with Crippen LogP contribution in [-0.2, 0) is 4.79 Å². The molecule has 1 saturated heterocycles. The number of carbonyl (C=O) groups is 1. The van der Waals surface area contributed by atoms with Gasteiger partial charge in [0.05, 0.1) is 12.6 Å². The van der Waals surface area contributed by atoms with E-state index in [0.717, 1.165) is 36.7 Å². The summed E-state index contributed by atoms with van der Waals surface area (Å²) >= 11 is 6.19. The molecule has 2 aromatic carbocycles. The molecule has 0 aromatic heterocycles. The van der Waals surface area contributed by atoms with Crippen molar-refractivity contribution in [3.63, 3.8) is 0 Å². The fourth-order valence-corrected chi connectivity index (χ4v) is 4.08. The lowest BCUT2D eigenvalue weighted by Gasteiger charge is -2.32. The summed E-state index contributed by atoms with van der Waals surface area (Å²) < 4.78 is 0. The quantitative estimate of drug-likeness (QED) is 0.649. The van der Waals surface area contributed by atoms with Gasteiger partial charge in [-0.05, 0) is 75.1 Å². The van der Waals surface area contributed by atoms with Gasteiger partial charge in [0.2, 0.25) is 5.91 Å². The number of likely N-dealkylation sites (tertiary alicyclic amines) is 1. The molecule has 0 saturated carbocycles. The maximum Gasteiger partial charge on any atom is 0.234 e. The number of nitrogens with zero attached hydrogens (tertiary/aromatic N) is 1. The molecule has 29 heavy (non-hydrogen) atoms. The predicted molar refractivity (Wildman–Crippen MR) is 123 cm³/mol. The van der Waals surface area contributed by atoms with Crippen molar-refractivity contribution in [2.24, 2.45) is 5.92 Å². The van der Waals surface area contributed by atoms with Gasteiger partial charge in [-0.25, -0.2) is 0 Å². The van der Waals surface area contributed by atoms with Gasteiger partial charge < -0.3 is 10.6 Å². The van der Waals surface area contributed by atoms with Crippen molar-refractivity contribution < 1.29 is 4.79 Å². The van der Waals surface area contributed by atoms with E-state index in [1.54, 1.807) is 0 Å². The Hall–Kier alpha value is -1.59. The first-order valence-electron chi connectivity index (χ1n) is 10.1. The number of halogens is 2. The molecule has 0 aliphatic carbocycles. The Kier molecular flexibility index (Phi) is 9.95. The minimum absolute atomic E-state index is 0. The number of carbonyl (C=O) groups excluding carboxylic acids is 1. The fraction of sp³-hybridized carbons (Fsp3) is 0.435. The van der Waals surface area contributed by atoms with E-state index in [-0.39, 0.29) is 24.4 Å². The van der Waals surface area contributed by atoms with Crippen LogP contribution in [0.4, 0.5) is 0 Å². The van der Waals surface area contributed by atoms with Crippen LogP contribution in [0.1, 0.15) is 36.4 Å². The maximum absolute atomic E-state index is 12.8. The summed E-state index contributed by atoms with van der Waals surface area (Å²) in [6.07, 6.45) is 3.57. The monoisotopic (exact) mass is 435 g/mol. The molecule has 0 bridgehead atoms. The Morgan fingerprint density at radius 1 is 1.10 bits per heavy atom. The van der Waals surface area contributed by atoms with E-state index in [0.29, 0.717) is 11.6 Å². The lowest BCUT2D eigenvalue weighted by atomic mass is 9.93. The summed E-state index contributed by atoms with van der Waals surface area (Å²) in [7, 11) is 2.00. The highest BCUT2D eigenvalue weighted by Crippen LogP contribution is 2.25. The van der Waals surface area contributed by atoms with Crippen molar-refractivity contribution in [3.05, 3.63) is 70.7 Å². The summed E-state index contributed by atoms with van der Waals surface area (Å²) in [5.41, 5.74) is 2.06. The Morgan fingerprint density at radius 3 is 2.45 bits per heavy atom. The summed E-state index contributed by atoms with van der Waals surface area (Å²) in [4.78, 5) is 15.1. The second-order valence-corrected chi connectivity index (χ2v) is 8.01. The van der Waals surface area contributed by atoms with E-state index in [4.69, 9.17) is 11.6 Å². The molecule has 1 aliphatic rings. The smallest absolute Gasteiger partial charge is 0.234 e. The van der Waals surface area contributed by atoms with Crippen LogP contribution < -0.4 is 10.6 Å². The molecule has 2 N–H and O–H groups in total. The molecule has 4 nitrogen and oxygen atoms in total. The number of benzene rings is 2. The first kappa shape index (κ1) is 23.7. The third-order valence-corrected chi connectivity index (χ3v) is 5.73. The van der Waals surface area contributed by atoms with Crippen molar-refractivity contribution >= 4 is 29.9 Å².